The fourth-order valence-electron chi connectivity index (χ4n) is 7.30. The Hall–Kier alpha value is -7.24. The van der Waals surface area contributed by atoms with Crippen molar-refractivity contribution in [3.8, 4) is 44.5 Å². The van der Waals surface area contributed by atoms with Crippen LogP contribution in [-0.4, -0.2) is 15.0 Å². The van der Waals surface area contributed by atoms with E-state index in [0.29, 0.717) is 0 Å². The van der Waals surface area contributed by atoms with Crippen LogP contribution in [-0.2, 0) is 0 Å². The molecule has 0 spiro atoms. The summed E-state index contributed by atoms with van der Waals surface area (Å²) in [5.74, 6) is 0. The lowest BCUT2D eigenvalue weighted by Crippen LogP contribution is -1.87. The van der Waals surface area contributed by atoms with Crippen LogP contribution in [0.2, 0.25) is 0 Å². The number of furan rings is 2. The third-order valence-electron chi connectivity index (χ3n) is 9.73. The minimum atomic E-state index is 0.726. The number of benzene rings is 4. The topological polar surface area (TPSA) is 67.8 Å². The highest BCUT2D eigenvalue weighted by Crippen LogP contribution is 2.38. The highest BCUT2D eigenvalue weighted by molar-refractivity contribution is 5.99. The van der Waals surface area contributed by atoms with Gasteiger partial charge in [0.2, 0.25) is 0 Å². The second-order valence-corrected chi connectivity index (χ2v) is 13.0. The molecule has 4 aromatic carbocycles. The van der Waals surface area contributed by atoms with Crippen molar-refractivity contribution in [1.82, 2.24) is 15.0 Å². The molecule has 4 aromatic heterocycles. The van der Waals surface area contributed by atoms with Crippen molar-refractivity contribution in [2.75, 3.05) is 0 Å². The van der Waals surface area contributed by atoms with Crippen LogP contribution in [0.25, 0.3) is 102 Å². The average Bonchev–Trinajstić information content (AvgIpc) is 4.07. The van der Waals surface area contributed by atoms with Gasteiger partial charge in [0, 0.05) is 11.1 Å². The number of hydrogen-bond donors (Lipinski definition) is 1. The Morgan fingerprint density at radius 3 is 0.962 bits per heavy atom. The zero-order valence-electron chi connectivity index (χ0n) is 28.5. The summed E-state index contributed by atoms with van der Waals surface area (Å²) in [6.45, 7) is 0. The summed E-state index contributed by atoms with van der Waals surface area (Å²) in [6, 6.07) is 53.7. The molecule has 1 N–H and O–H groups in total. The van der Waals surface area contributed by atoms with E-state index in [-0.39, 0.29) is 0 Å². The molecule has 0 radical (unpaired) electrons. The minimum Gasteiger partial charge on any atom is -0.456 e. The second kappa shape index (κ2) is 12.8. The summed E-state index contributed by atoms with van der Waals surface area (Å²) in [5, 5.41) is 0. The molecule has 0 fully saturated rings. The van der Waals surface area contributed by atoms with Gasteiger partial charge in [-0.25, -0.2) is 9.97 Å². The van der Waals surface area contributed by atoms with Gasteiger partial charge >= 0.3 is 0 Å². The van der Waals surface area contributed by atoms with Crippen LogP contribution in [0.4, 0.5) is 0 Å². The first-order valence-corrected chi connectivity index (χ1v) is 17.7. The van der Waals surface area contributed by atoms with Crippen molar-refractivity contribution in [2.24, 2.45) is 0 Å². The van der Waals surface area contributed by atoms with Gasteiger partial charge in [-0.1, -0.05) is 121 Å². The first kappa shape index (κ1) is 30.6. The third kappa shape index (κ3) is 5.52. The Labute approximate surface area is 305 Å². The molecule has 53 heavy (non-hydrogen) atoms. The van der Waals surface area contributed by atoms with E-state index in [1.165, 1.54) is 0 Å². The third-order valence-corrected chi connectivity index (χ3v) is 9.73. The van der Waals surface area contributed by atoms with Crippen LogP contribution in [0.15, 0.2) is 167 Å². The van der Waals surface area contributed by atoms with Gasteiger partial charge in [-0.15, -0.1) is 0 Å². The monoisotopic (exact) mass is 681 g/mol. The molecule has 250 valence electrons. The fourth-order valence-corrected chi connectivity index (χ4v) is 7.30. The predicted octanol–water partition coefficient (Wildman–Crippen LogP) is 12.9. The molecule has 0 aliphatic carbocycles. The van der Waals surface area contributed by atoms with Crippen LogP contribution in [0.1, 0.15) is 22.8 Å². The van der Waals surface area contributed by atoms with Crippen LogP contribution >= 0.6 is 0 Å². The van der Waals surface area contributed by atoms with E-state index in [1.54, 1.807) is 0 Å². The van der Waals surface area contributed by atoms with Crippen molar-refractivity contribution >= 4 is 57.7 Å². The number of aromatic amines is 1. The summed E-state index contributed by atoms with van der Waals surface area (Å²) in [7, 11) is 0. The summed E-state index contributed by atoms with van der Waals surface area (Å²) < 4.78 is 13.7. The molecule has 6 heterocycles. The van der Waals surface area contributed by atoms with E-state index in [2.05, 4.69) is 102 Å². The Morgan fingerprint density at radius 2 is 0.604 bits per heavy atom. The Kier molecular flexibility index (Phi) is 7.40. The lowest BCUT2D eigenvalue weighted by Gasteiger charge is -2.04. The molecule has 2 aliphatic rings. The van der Waals surface area contributed by atoms with Crippen molar-refractivity contribution in [3.05, 3.63) is 181 Å². The Balaban J connectivity index is 1.39. The summed E-state index contributed by atoms with van der Waals surface area (Å²) in [4.78, 5) is 14.1. The number of nitrogens with zero attached hydrogens (tertiary/aromatic N) is 2. The van der Waals surface area contributed by atoms with Gasteiger partial charge in [0.05, 0.1) is 44.9 Å². The van der Waals surface area contributed by atoms with Crippen molar-refractivity contribution < 1.29 is 8.83 Å². The van der Waals surface area contributed by atoms with E-state index in [9.17, 15) is 0 Å². The molecule has 2 aliphatic heterocycles. The summed E-state index contributed by atoms with van der Waals surface area (Å²) >= 11 is 0. The van der Waals surface area contributed by atoms with Gasteiger partial charge in [0.25, 0.3) is 0 Å². The SMILES string of the molecule is C1=Cc2nc1c1nc(c(-c3ccccc3)c3ccc(o3)c(-c3ccccc3)c3ccc([nH]3)c(-c3ccccc3)c3ccc(o3)c2-c2ccccc2)C=C1. The highest BCUT2D eigenvalue weighted by atomic mass is 16.3. The van der Waals surface area contributed by atoms with Crippen LogP contribution < -0.4 is 0 Å². The maximum Gasteiger partial charge on any atom is 0.137 e. The van der Waals surface area contributed by atoms with Gasteiger partial charge in [0.1, 0.15) is 22.3 Å². The zero-order valence-corrected chi connectivity index (χ0v) is 28.5. The fraction of sp³-hybridized carbons (Fsp3) is 0. The van der Waals surface area contributed by atoms with Crippen molar-refractivity contribution in [1.29, 1.82) is 0 Å². The number of rotatable bonds is 4. The van der Waals surface area contributed by atoms with Gasteiger partial charge in [-0.2, -0.15) is 0 Å². The predicted molar refractivity (Wildman–Crippen MR) is 217 cm³/mol. The van der Waals surface area contributed by atoms with Crippen LogP contribution in [0.3, 0.4) is 0 Å². The second-order valence-electron chi connectivity index (χ2n) is 13.0. The van der Waals surface area contributed by atoms with E-state index in [0.717, 1.165) is 101 Å². The Morgan fingerprint density at radius 1 is 0.302 bits per heavy atom. The standard InChI is InChI=1S/C48H31N3O2/c1-5-13-31(14-6-1)45-37-23-21-35(49-37)36-22-24-38(50-36)46(32-15-7-2-8-16-32)42-28-30-44(53-42)48(34-19-11-4-12-20-34)40-26-25-39(51-40)47(33-17-9-3-10-18-33)43-29-27-41(45)52-43/h1-30,51H. The minimum absolute atomic E-state index is 0.726. The smallest absolute Gasteiger partial charge is 0.137 e. The number of fused-ring (bicyclic) bond motifs is 11. The number of nitrogens with one attached hydrogen (secondary N) is 1. The Bertz CT molecular complexity index is 2720. The molecule has 0 amide bonds. The number of hydrogen-bond acceptors (Lipinski definition) is 4. The molecular formula is C48H31N3O2. The molecule has 0 saturated heterocycles. The summed E-state index contributed by atoms with van der Waals surface area (Å²) in [5.41, 5.74) is 15.8. The maximum atomic E-state index is 6.86. The molecule has 5 nitrogen and oxygen atoms in total. The largest absolute Gasteiger partial charge is 0.456 e. The molecule has 10 rings (SSSR count). The summed E-state index contributed by atoms with van der Waals surface area (Å²) in [6.07, 6.45) is 8.16. The highest BCUT2D eigenvalue weighted by Gasteiger charge is 2.18. The average molecular weight is 682 g/mol. The first-order valence-electron chi connectivity index (χ1n) is 17.7. The van der Waals surface area contributed by atoms with Gasteiger partial charge in [-0.05, 0) is 83.0 Å². The van der Waals surface area contributed by atoms with Crippen molar-refractivity contribution in [3.63, 3.8) is 0 Å². The van der Waals surface area contributed by atoms with E-state index >= 15 is 0 Å². The van der Waals surface area contributed by atoms with E-state index in [4.69, 9.17) is 18.8 Å². The van der Waals surface area contributed by atoms with E-state index in [1.807, 2.05) is 85.0 Å². The normalized spacial score (nSPS) is 12.0. The van der Waals surface area contributed by atoms with Gasteiger partial charge in [-0.3, -0.25) is 0 Å². The molecule has 8 aromatic rings. The van der Waals surface area contributed by atoms with Gasteiger partial charge < -0.3 is 13.8 Å². The van der Waals surface area contributed by atoms with E-state index < -0.39 is 0 Å². The number of aromatic nitrogens is 3. The molecule has 5 heteroatoms. The number of H-pyrrole nitrogens is 1. The molecule has 0 atom stereocenters. The van der Waals surface area contributed by atoms with Gasteiger partial charge in [0.15, 0.2) is 0 Å². The molecule has 0 saturated carbocycles. The zero-order chi connectivity index (χ0) is 35.1. The maximum absolute atomic E-state index is 6.86. The molecule has 0 unspecified atom stereocenters. The quantitative estimate of drug-likeness (QED) is 0.201. The van der Waals surface area contributed by atoms with Crippen LogP contribution in [0.5, 0.6) is 0 Å². The molecular weight excluding hydrogens is 651 g/mol. The lowest BCUT2D eigenvalue weighted by molar-refractivity contribution is 0.667. The lowest BCUT2D eigenvalue weighted by atomic mass is 10.0. The van der Waals surface area contributed by atoms with Crippen LogP contribution in [0, 0.1) is 0 Å². The first-order chi connectivity index (χ1) is 26.3. The van der Waals surface area contributed by atoms with Crippen molar-refractivity contribution in [2.45, 2.75) is 0 Å². The molecule has 10 bridgehead atoms.